The number of carbonyl (C=O) groups is 1. The van der Waals surface area contributed by atoms with Crippen molar-refractivity contribution in [3.63, 3.8) is 0 Å². The lowest BCUT2D eigenvalue weighted by molar-refractivity contribution is 0.0964. The van der Waals surface area contributed by atoms with Crippen molar-refractivity contribution >= 4 is 5.91 Å². The van der Waals surface area contributed by atoms with Crippen molar-refractivity contribution in [2.45, 2.75) is 12.5 Å². The fraction of sp³-hybridized carbons (Fsp3) is 0.250. The first kappa shape index (κ1) is 12.3. The van der Waals surface area contributed by atoms with Crippen LogP contribution in [0.15, 0.2) is 34.7 Å². The van der Waals surface area contributed by atoms with Gasteiger partial charge in [0.15, 0.2) is 0 Å². The standard InChI is InChI=1S/C12H14N4O2/c1-14-9(7-8-5-3-2-4-6-8)11-15-16-12(18-11)10(13)17/h2-6,9,14H,7H2,1H3,(H2,13,17). The van der Waals surface area contributed by atoms with Crippen molar-refractivity contribution in [3.8, 4) is 0 Å². The summed E-state index contributed by atoms with van der Waals surface area (Å²) in [6.07, 6.45) is 0.692. The van der Waals surface area contributed by atoms with E-state index in [1.54, 1.807) is 7.05 Å². The van der Waals surface area contributed by atoms with Crippen molar-refractivity contribution in [1.29, 1.82) is 0 Å². The van der Waals surface area contributed by atoms with Crippen molar-refractivity contribution in [2.24, 2.45) is 5.73 Å². The predicted octanol–water partition coefficient (Wildman–Crippen LogP) is 0.672. The van der Waals surface area contributed by atoms with Crippen LogP contribution in [-0.4, -0.2) is 23.2 Å². The molecular weight excluding hydrogens is 232 g/mol. The first-order chi connectivity index (χ1) is 8.70. The molecule has 0 bridgehead atoms. The average Bonchev–Trinajstić information content (AvgIpc) is 2.87. The van der Waals surface area contributed by atoms with Crippen LogP contribution in [0.1, 0.15) is 28.2 Å². The average molecular weight is 246 g/mol. The van der Waals surface area contributed by atoms with Crippen molar-refractivity contribution in [3.05, 3.63) is 47.7 Å². The van der Waals surface area contributed by atoms with Crippen molar-refractivity contribution in [1.82, 2.24) is 15.5 Å². The van der Waals surface area contributed by atoms with Gasteiger partial charge in [0, 0.05) is 0 Å². The largest absolute Gasteiger partial charge is 0.415 e. The third-order valence-electron chi connectivity index (χ3n) is 2.58. The lowest BCUT2D eigenvalue weighted by Gasteiger charge is -2.11. The van der Waals surface area contributed by atoms with Gasteiger partial charge in [-0.1, -0.05) is 30.3 Å². The normalized spacial score (nSPS) is 12.3. The highest BCUT2D eigenvalue weighted by atomic mass is 16.4. The number of benzene rings is 1. The van der Waals surface area contributed by atoms with Gasteiger partial charge in [-0.05, 0) is 19.0 Å². The minimum Gasteiger partial charge on any atom is -0.415 e. The summed E-state index contributed by atoms with van der Waals surface area (Å²) in [6, 6.07) is 9.75. The van der Waals surface area contributed by atoms with Gasteiger partial charge in [0.25, 0.3) is 0 Å². The quantitative estimate of drug-likeness (QED) is 0.808. The number of nitrogens with two attached hydrogens (primary N) is 1. The maximum absolute atomic E-state index is 10.9. The zero-order valence-corrected chi connectivity index (χ0v) is 9.96. The molecule has 1 amide bonds. The molecule has 94 valence electrons. The number of primary amides is 1. The molecule has 0 aliphatic carbocycles. The SMILES string of the molecule is CNC(Cc1ccccc1)c1nnc(C(N)=O)o1. The number of nitrogens with one attached hydrogen (secondary N) is 1. The molecule has 1 aromatic heterocycles. The Morgan fingerprint density at radius 3 is 2.67 bits per heavy atom. The molecule has 0 saturated carbocycles. The number of nitrogens with zero attached hydrogens (tertiary/aromatic N) is 2. The highest BCUT2D eigenvalue weighted by Gasteiger charge is 2.19. The zero-order valence-electron chi connectivity index (χ0n) is 9.96. The van der Waals surface area contributed by atoms with E-state index in [-0.39, 0.29) is 11.9 Å². The third-order valence-corrected chi connectivity index (χ3v) is 2.58. The van der Waals surface area contributed by atoms with Crippen LogP contribution in [0.25, 0.3) is 0 Å². The first-order valence-corrected chi connectivity index (χ1v) is 5.55. The zero-order chi connectivity index (χ0) is 13.0. The van der Waals surface area contributed by atoms with Gasteiger partial charge in [-0.15, -0.1) is 10.2 Å². The summed E-state index contributed by atoms with van der Waals surface area (Å²) in [5.41, 5.74) is 6.20. The van der Waals surface area contributed by atoms with Crippen LogP contribution in [-0.2, 0) is 6.42 Å². The van der Waals surface area contributed by atoms with Crippen LogP contribution in [0.4, 0.5) is 0 Å². The number of hydrogen-bond donors (Lipinski definition) is 2. The fourth-order valence-electron chi connectivity index (χ4n) is 1.64. The molecule has 1 atom stereocenters. The smallest absolute Gasteiger partial charge is 0.306 e. The summed E-state index contributed by atoms with van der Waals surface area (Å²) in [5.74, 6) is -0.531. The van der Waals surface area contributed by atoms with Crippen molar-refractivity contribution < 1.29 is 9.21 Å². The Bertz CT molecular complexity index is 524. The molecule has 0 fully saturated rings. The Balaban J connectivity index is 2.15. The van der Waals surface area contributed by atoms with Gasteiger partial charge in [0.1, 0.15) is 0 Å². The summed E-state index contributed by atoms with van der Waals surface area (Å²) in [4.78, 5) is 10.9. The van der Waals surface area contributed by atoms with Crippen LogP contribution >= 0.6 is 0 Å². The van der Waals surface area contributed by atoms with E-state index in [1.807, 2.05) is 30.3 Å². The molecule has 18 heavy (non-hydrogen) atoms. The summed E-state index contributed by atoms with van der Waals surface area (Å²) < 4.78 is 5.21. The van der Waals surface area contributed by atoms with Crippen LogP contribution in [0.2, 0.25) is 0 Å². The van der Waals surface area contributed by atoms with E-state index in [0.717, 1.165) is 5.56 Å². The maximum atomic E-state index is 10.9. The van der Waals surface area contributed by atoms with Gasteiger partial charge in [-0.2, -0.15) is 0 Å². The number of carbonyl (C=O) groups excluding carboxylic acids is 1. The van der Waals surface area contributed by atoms with Crippen LogP contribution in [0, 0.1) is 0 Å². The van der Waals surface area contributed by atoms with Crippen LogP contribution in [0.3, 0.4) is 0 Å². The Labute approximate surface area is 104 Å². The number of amides is 1. The van der Waals surface area contributed by atoms with Gasteiger partial charge in [0.05, 0.1) is 6.04 Å². The summed E-state index contributed by atoms with van der Waals surface area (Å²) >= 11 is 0. The Morgan fingerprint density at radius 1 is 1.39 bits per heavy atom. The number of hydrogen-bond acceptors (Lipinski definition) is 5. The van der Waals surface area contributed by atoms with E-state index in [4.69, 9.17) is 10.2 Å². The summed E-state index contributed by atoms with van der Waals surface area (Å²) in [6.45, 7) is 0. The van der Waals surface area contributed by atoms with Gasteiger partial charge in [-0.25, -0.2) is 0 Å². The summed E-state index contributed by atoms with van der Waals surface area (Å²) in [5, 5.41) is 10.5. The number of rotatable bonds is 5. The van der Waals surface area contributed by atoms with Gasteiger partial charge < -0.3 is 15.5 Å². The monoisotopic (exact) mass is 246 g/mol. The molecule has 0 spiro atoms. The lowest BCUT2D eigenvalue weighted by Crippen LogP contribution is -2.19. The molecule has 0 aliphatic rings. The predicted molar refractivity (Wildman–Crippen MR) is 64.8 cm³/mol. The molecule has 0 radical (unpaired) electrons. The Morgan fingerprint density at radius 2 is 2.11 bits per heavy atom. The van der Waals surface area contributed by atoms with E-state index in [2.05, 4.69) is 15.5 Å². The van der Waals surface area contributed by atoms with E-state index in [1.165, 1.54) is 0 Å². The maximum Gasteiger partial charge on any atom is 0.306 e. The Hall–Kier alpha value is -2.21. The molecule has 0 saturated heterocycles. The third kappa shape index (κ3) is 2.72. The molecule has 1 heterocycles. The molecule has 2 rings (SSSR count). The van der Waals surface area contributed by atoms with Gasteiger partial charge >= 0.3 is 11.8 Å². The van der Waals surface area contributed by atoms with Gasteiger partial charge in [-0.3, -0.25) is 4.79 Å². The van der Waals surface area contributed by atoms with Gasteiger partial charge in [0.2, 0.25) is 5.89 Å². The summed E-state index contributed by atoms with van der Waals surface area (Å²) in [7, 11) is 1.79. The molecule has 1 aromatic carbocycles. The van der Waals surface area contributed by atoms with Crippen LogP contribution in [0.5, 0.6) is 0 Å². The second-order valence-electron chi connectivity index (χ2n) is 3.84. The topological polar surface area (TPSA) is 94.0 Å². The highest BCUT2D eigenvalue weighted by molar-refractivity contribution is 5.87. The number of likely N-dealkylation sites (N-methyl/N-ethyl adjacent to an activating group) is 1. The van der Waals surface area contributed by atoms with E-state index >= 15 is 0 Å². The molecule has 0 aliphatic heterocycles. The molecular formula is C12H14N4O2. The first-order valence-electron chi connectivity index (χ1n) is 5.55. The molecule has 1 unspecified atom stereocenters. The van der Waals surface area contributed by atoms with E-state index in [9.17, 15) is 4.79 Å². The fourth-order valence-corrected chi connectivity index (χ4v) is 1.64. The Kier molecular flexibility index (Phi) is 3.69. The molecule has 6 nitrogen and oxygen atoms in total. The second-order valence-corrected chi connectivity index (χ2v) is 3.84. The minimum absolute atomic E-state index is 0.145. The van der Waals surface area contributed by atoms with E-state index < -0.39 is 5.91 Å². The molecule has 2 aromatic rings. The highest BCUT2D eigenvalue weighted by Crippen LogP contribution is 2.16. The van der Waals surface area contributed by atoms with E-state index in [0.29, 0.717) is 12.3 Å². The minimum atomic E-state index is -0.719. The number of aromatic nitrogens is 2. The van der Waals surface area contributed by atoms with Crippen molar-refractivity contribution in [2.75, 3.05) is 7.05 Å². The molecule has 6 heteroatoms. The van der Waals surface area contributed by atoms with Crippen LogP contribution < -0.4 is 11.1 Å². The lowest BCUT2D eigenvalue weighted by atomic mass is 10.1. The second kappa shape index (κ2) is 5.42. The molecule has 3 N–H and O–H groups in total.